The maximum Gasteiger partial charge on any atom is 0.149 e. The highest BCUT2D eigenvalue weighted by Crippen LogP contribution is 2.27. The molecule has 0 saturated carbocycles. The van der Waals surface area contributed by atoms with Gasteiger partial charge in [0.05, 0.1) is 23.7 Å². The summed E-state index contributed by atoms with van der Waals surface area (Å²) < 4.78 is 7.37. The van der Waals surface area contributed by atoms with Gasteiger partial charge >= 0.3 is 0 Å². The molecule has 4 aromatic rings. The third kappa shape index (κ3) is 2.98. The summed E-state index contributed by atoms with van der Waals surface area (Å²) in [5.41, 5.74) is 4.18. The summed E-state index contributed by atoms with van der Waals surface area (Å²) >= 11 is 0. The molecule has 0 aliphatic carbocycles. The molecule has 0 radical (unpaired) electrons. The molecule has 2 aromatic heterocycles. The zero-order chi connectivity index (χ0) is 18.8. The summed E-state index contributed by atoms with van der Waals surface area (Å²) in [4.78, 5) is 7.77. The summed E-state index contributed by atoms with van der Waals surface area (Å²) in [6, 6.07) is 16.0. The van der Waals surface area contributed by atoms with Crippen molar-refractivity contribution in [2.45, 2.75) is 6.54 Å². The fourth-order valence-electron chi connectivity index (χ4n) is 3.23. The molecule has 5 nitrogen and oxygen atoms in total. The lowest BCUT2D eigenvalue weighted by Gasteiger charge is -1.98. The number of nitrogens with zero attached hydrogens (tertiary/aromatic N) is 3. The number of nitriles is 1. The third-order valence-electron chi connectivity index (χ3n) is 4.51. The van der Waals surface area contributed by atoms with Gasteiger partial charge in [0.15, 0.2) is 0 Å². The molecule has 2 aromatic carbocycles. The van der Waals surface area contributed by atoms with Crippen LogP contribution in [0.1, 0.15) is 11.4 Å². The Morgan fingerprint density at radius 3 is 2.96 bits per heavy atom. The Balaban J connectivity index is 1.83. The molecule has 0 aliphatic rings. The van der Waals surface area contributed by atoms with Gasteiger partial charge in [-0.25, -0.2) is 4.98 Å². The van der Waals surface area contributed by atoms with Crippen molar-refractivity contribution in [3.63, 3.8) is 0 Å². The number of aromatic nitrogens is 3. The molecule has 0 unspecified atom stereocenters. The Kier molecular flexibility index (Phi) is 4.23. The van der Waals surface area contributed by atoms with Crippen molar-refractivity contribution >= 4 is 33.6 Å². The molecule has 27 heavy (non-hydrogen) atoms. The number of hydrogen-bond acceptors (Lipinski definition) is 3. The van der Waals surface area contributed by atoms with E-state index in [4.69, 9.17) is 4.74 Å². The van der Waals surface area contributed by atoms with Gasteiger partial charge in [0.25, 0.3) is 0 Å². The van der Waals surface area contributed by atoms with Gasteiger partial charge in [-0.15, -0.1) is 6.58 Å². The molecule has 0 spiro atoms. The van der Waals surface area contributed by atoms with Crippen LogP contribution in [-0.2, 0) is 6.54 Å². The number of allylic oxidation sites excluding steroid dienone is 2. The van der Waals surface area contributed by atoms with Crippen LogP contribution in [0.4, 0.5) is 0 Å². The summed E-state index contributed by atoms with van der Waals surface area (Å²) in [5, 5.41) is 10.8. The van der Waals surface area contributed by atoms with Crippen LogP contribution in [0.25, 0.3) is 33.6 Å². The van der Waals surface area contributed by atoms with Gasteiger partial charge in [0, 0.05) is 35.3 Å². The molecule has 1 N–H and O–H groups in total. The van der Waals surface area contributed by atoms with Gasteiger partial charge in [-0.2, -0.15) is 5.26 Å². The number of H-pyrrole nitrogens is 1. The molecule has 2 heterocycles. The van der Waals surface area contributed by atoms with Crippen molar-refractivity contribution in [1.82, 2.24) is 14.5 Å². The lowest BCUT2D eigenvalue weighted by Crippen LogP contribution is -1.91. The molecule has 0 saturated heterocycles. The number of aromatic amines is 1. The minimum absolute atomic E-state index is 0.478. The lowest BCUT2D eigenvalue weighted by molar-refractivity contribution is 0.415. The molecule has 0 amide bonds. The van der Waals surface area contributed by atoms with Crippen LogP contribution >= 0.6 is 0 Å². The zero-order valence-corrected chi connectivity index (χ0v) is 14.9. The van der Waals surface area contributed by atoms with Gasteiger partial charge in [0.1, 0.15) is 17.6 Å². The van der Waals surface area contributed by atoms with Crippen LogP contribution < -0.4 is 4.74 Å². The Morgan fingerprint density at radius 1 is 1.33 bits per heavy atom. The SMILES string of the molecule is C=CCn1cc(C=C(C#N)c2nc3ccc(OC)cc3[nH]2)c2ccccc21. The number of hydrogen-bond donors (Lipinski definition) is 1. The van der Waals surface area contributed by atoms with Crippen molar-refractivity contribution in [2.24, 2.45) is 0 Å². The standard InChI is InChI=1S/C22H18N4O/c1-3-10-26-14-16(18-6-4-5-7-21(18)26)11-15(13-23)22-24-19-9-8-17(27-2)12-20(19)25-22/h3-9,11-12,14H,1,10H2,2H3,(H,24,25). The number of methoxy groups -OCH3 is 1. The first-order valence-corrected chi connectivity index (χ1v) is 8.58. The van der Waals surface area contributed by atoms with E-state index in [1.165, 1.54) is 0 Å². The van der Waals surface area contributed by atoms with E-state index in [1.54, 1.807) is 7.11 Å². The quantitative estimate of drug-likeness (QED) is 0.414. The number of nitrogens with one attached hydrogen (secondary N) is 1. The van der Waals surface area contributed by atoms with Crippen molar-refractivity contribution in [3.8, 4) is 11.8 Å². The number of imidazole rings is 1. The normalized spacial score (nSPS) is 11.6. The van der Waals surface area contributed by atoms with E-state index in [0.717, 1.165) is 33.2 Å². The summed E-state index contributed by atoms with van der Waals surface area (Å²) in [6.07, 6.45) is 5.77. The number of benzene rings is 2. The minimum atomic E-state index is 0.478. The lowest BCUT2D eigenvalue weighted by atomic mass is 10.1. The second-order valence-electron chi connectivity index (χ2n) is 6.18. The molecule has 132 valence electrons. The van der Waals surface area contributed by atoms with Crippen molar-refractivity contribution in [1.29, 1.82) is 5.26 Å². The second-order valence-corrected chi connectivity index (χ2v) is 6.18. The minimum Gasteiger partial charge on any atom is -0.497 e. The molecule has 0 atom stereocenters. The van der Waals surface area contributed by atoms with Gasteiger partial charge in [-0.1, -0.05) is 24.3 Å². The molecule has 5 heteroatoms. The molecular formula is C22H18N4O. The average molecular weight is 354 g/mol. The summed E-state index contributed by atoms with van der Waals surface area (Å²) in [6.45, 7) is 4.53. The molecular weight excluding hydrogens is 336 g/mol. The predicted octanol–water partition coefficient (Wildman–Crippen LogP) is 4.78. The summed E-state index contributed by atoms with van der Waals surface area (Å²) in [5.74, 6) is 1.29. The Bertz CT molecular complexity index is 1220. The fraction of sp³-hybridized carbons (Fsp3) is 0.0909. The van der Waals surface area contributed by atoms with Crippen LogP contribution in [0, 0.1) is 11.3 Å². The van der Waals surface area contributed by atoms with Crippen LogP contribution in [0.3, 0.4) is 0 Å². The third-order valence-corrected chi connectivity index (χ3v) is 4.51. The Morgan fingerprint density at radius 2 is 2.19 bits per heavy atom. The van der Waals surface area contributed by atoms with Gasteiger partial charge in [-0.05, 0) is 24.3 Å². The first-order valence-electron chi connectivity index (χ1n) is 8.58. The topological polar surface area (TPSA) is 66.6 Å². The van der Waals surface area contributed by atoms with Crippen LogP contribution in [0.2, 0.25) is 0 Å². The van der Waals surface area contributed by atoms with Crippen molar-refractivity contribution in [2.75, 3.05) is 7.11 Å². The maximum absolute atomic E-state index is 9.72. The number of para-hydroxylation sites is 1. The van der Waals surface area contributed by atoms with Crippen LogP contribution in [0.15, 0.2) is 61.3 Å². The first kappa shape index (κ1) is 16.7. The highest BCUT2D eigenvalue weighted by Gasteiger charge is 2.11. The van der Waals surface area contributed by atoms with E-state index in [9.17, 15) is 5.26 Å². The van der Waals surface area contributed by atoms with E-state index < -0.39 is 0 Å². The highest BCUT2D eigenvalue weighted by atomic mass is 16.5. The van der Waals surface area contributed by atoms with E-state index in [2.05, 4.69) is 39.3 Å². The highest BCUT2D eigenvalue weighted by molar-refractivity contribution is 5.98. The predicted molar refractivity (Wildman–Crippen MR) is 108 cm³/mol. The van der Waals surface area contributed by atoms with Gasteiger partial charge < -0.3 is 14.3 Å². The first-order chi connectivity index (χ1) is 13.2. The molecule has 4 rings (SSSR count). The maximum atomic E-state index is 9.72. The van der Waals surface area contributed by atoms with E-state index in [1.807, 2.05) is 48.7 Å². The Hall–Kier alpha value is -3.78. The number of rotatable bonds is 5. The average Bonchev–Trinajstić information content (AvgIpc) is 3.27. The zero-order valence-electron chi connectivity index (χ0n) is 14.9. The largest absolute Gasteiger partial charge is 0.497 e. The monoisotopic (exact) mass is 354 g/mol. The van der Waals surface area contributed by atoms with Gasteiger partial charge in [-0.3, -0.25) is 0 Å². The molecule has 0 fully saturated rings. The Labute approximate surface area is 156 Å². The smallest absolute Gasteiger partial charge is 0.149 e. The van der Waals surface area contributed by atoms with Gasteiger partial charge in [0.2, 0.25) is 0 Å². The second kappa shape index (κ2) is 6.85. The van der Waals surface area contributed by atoms with Crippen LogP contribution in [-0.4, -0.2) is 21.6 Å². The fourth-order valence-corrected chi connectivity index (χ4v) is 3.23. The number of ether oxygens (including phenoxy) is 1. The summed E-state index contributed by atoms with van der Waals surface area (Å²) in [7, 11) is 1.62. The van der Waals surface area contributed by atoms with E-state index >= 15 is 0 Å². The molecule has 0 bridgehead atoms. The molecule has 0 aliphatic heterocycles. The number of fused-ring (bicyclic) bond motifs is 2. The van der Waals surface area contributed by atoms with Crippen molar-refractivity contribution in [3.05, 3.63) is 72.7 Å². The van der Waals surface area contributed by atoms with Crippen molar-refractivity contribution < 1.29 is 4.74 Å². The van der Waals surface area contributed by atoms with Crippen LogP contribution in [0.5, 0.6) is 5.75 Å². The van der Waals surface area contributed by atoms with E-state index in [-0.39, 0.29) is 0 Å². The van der Waals surface area contributed by atoms with E-state index in [0.29, 0.717) is 17.9 Å².